The molecule has 4 N–H and O–H groups in total. The Balaban J connectivity index is 1.64. The number of carbonyl (C=O) groups is 1. The molecule has 37 heavy (non-hydrogen) atoms. The maximum absolute atomic E-state index is 13.1. The van der Waals surface area contributed by atoms with Gasteiger partial charge in [-0.1, -0.05) is 29.8 Å². The number of hydrogen-bond acceptors (Lipinski definition) is 6. The van der Waals surface area contributed by atoms with Crippen molar-refractivity contribution in [2.45, 2.75) is 17.6 Å². The highest BCUT2D eigenvalue weighted by Crippen LogP contribution is 2.38. The SMILES string of the molecule is O=C(O)c1ccccc1N=Nc1c(O)[nH]c2ccc(S(=O)(=O)NCc3ccc(Cl)c(C(F)(F)F)c3)cc12. The maximum atomic E-state index is 13.1. The van der Waals surface area contributed by atoms with Crippen LogP contribution in [0.5, 0.6) is 5.88 Å². The average Bonchev–Trinajstić information content (AvgIpc) is 3.15. The maximum Gasteiger partial charge on any atom is 0.417 e. The number of carboxylic acids is 1. The Morgan fingerprint density at radius 3 is 2.49 bits per heavy atom. The van der Waals surface area contributed by atoms with Crippen LogP contribution in [-0.2, 0) is 22.7 Å². The van der Waals surface area contributed by atoms with Crippen molar-refractivity contribution in [3.8, 4) is 5.88 Å². The smallest absolute Gasteiger partial charge is 0.417 e. The van der Waals surface area contributed by atoms with Crippen molar-refractivity contribution in [1.82, 2.24) is 9.71 Å². The second-order valence-corrected chi connectivity index (χ2v) is 9.86. The molecule has 0 fully saturated rings. The third-order valence-corrected chi connectivity index (χ3v) is 6.96. The van der Waals surface area contributed by atoms with Crippen molar-refractivity contribution in [2.75, 3.05) is 0 Å². The molecule has 1 heterocycles. The van der Waals surface area contributed by atoms with Gasteiger partial charge in [0.15, 0.2) is 5.69 Å². The van der Waals surface area contributed by atoms with Crippen LogP contribution in [0.4, 0.5) is 24.5 Å². The van der Waals surface area contributed by atoms with E-state index in [-0.39, 0.29) is 32.8 Å². The van der Waals surface area contributed by atoms with Crippen molar-refractivity contribution in [1.29, 1.82) is 0 Å². The van der Waals surface area contributed by atoms with Gasteiger partial charge in [0.05, 0.1) is 26.6 Å². The Morgan fingerprint density at radius 1 is 1.05 bits per heavy atom. The molecule has 0 saturated heterocycles. The largest absolute Gasteiger partial charge is 0.493 e. The molecule has 0 aliphatic rings. The number of fused-ring (bicyclic) bond motifs is 1. The lowest BCUT2D eigenvalue weighted by Gasteiger charge is -2.12. The first-order valence-electron chi connectivity index (χ1n) is 10.3. The van der Waals surface area contributed by atoms with Crippen LogP contribution in [0.25, 0.3) is 10.9 Å². The molecule has 4 rings (SSSR count). The van der Waals surface area contributed by atoms with E-state index in [2.05, 4.69) is 19.9 Å². The second-order valence-electron chi connectivity index (χ2n) is 7.69. The van der Waals surface area contributed by atoms with Crippen LogP contribution in [0.3, 0.4) is 0 Å². The van der Waals surface area contributed by atoms with Gasteiger partial charge in [0.2, 0.25) is 15.9 Å². The number of nitrogens with one attached hydrogen (secondary N) is 2. The molecule has 3 aromatic carbocycles. The zero-order valence-corrected chi connectivity index (χ0v) is 20.0. The number of hydrogen-bond donors (Lipinski definition) is 4. The Labute approximate surface area is 212 Å². The molecule has 192 valence electrons. The van der Waals surface area contributed by atoms with Gasteiger partial charge in [0.1, 0.15) is 5.69 Å². The lowest BCUT2D eigenvalue weighted by atomic mass is 10.1. The molecule has 0 atom stereocenters. The van der Waals surface area contributed by atoms with Crippen LogP contribution >= 0.6 is 11.6 Å². The fourth-order valence-corrected chi connectivity index (χ4v) is 4.69. The van der Waals surface area contributed by atoms with Gasteiger partial charge in [-0.2, -0.15) is 13.2 Å². The Bertz CT molecular complexity index is 1650. The highest BCUT2D eigenvalue weighted by molar-refractivity contribution is 7.89. The third kappa shape index (κ3) is 5.58. The summed E-state index contributed by atoms with van der Waals surface area (Å²) < 4.78 is 67.2. The molecule has 0 radical (unpaired) electrons. The Morgan fingerprint density at radius 2 is 1.78 bits per heavy atom. The monoisotopic (exact) mass is 552 g/mol. The van der Waals surface area contributed by atoms with Crippen molar-refractivity contribution >= 4 is 49.9 Å². The van der Waals surface area contributed by atoms with Crippen LogP contribution in [0.2, 0.25) is 5.02 Å². The quantitative estimate of drug-likeness (QED) is 0.204. The summed E-state index contributed by atoms with van der Waals surface area (Å²) in [5, 5.41) is 27.0. The van der Waals surface area contributed by atoms with E-state index in [0.29, 0.717) is 5.52 Å². The van der Waals surface area contributed by atoms with Gasteiger partial charge in [-0.05, 0) is 48.0 Å². The van der Waals surface area contributed by atoms with Gasteiger partial charge in [0, 0.05) is 11.9 Å². The first-order chi connectivity index (χ1) is 17.4. The van der Waals surface area contributed by atoms with E-state index in [0.717, 1.165) is 12.1 Å². The van der Waals surface area contributed by atoms with E-state index in [1.807, 2.05) is 0 Å². The number of aromatic hydroxyl groups is 1. The van der Waals surface area contributed by atoms with E-state index >= 15 is 0 Å². The molecular formula is C23H16ClF3N4O5S. The second kappa shape index (κ2) is 9.84. The van der Waals surface area contributed by atoms with Crippen molar-refractivity contribution in [2.24, 2.45) is 10.2 Å². The summed E-state index contributed by atoms with van der Waals surface area (Å²) in [5.74, 6) is -1.67. The molecular weight excluding hydrogens is 537 g/mol. The predicted octanol–water partition coefficient (Wildman–Crippen LogP) is 6.14. The highest BCUT2D eigenvalue weighted by atomic mass is 35.5. The van der Waals surface area contributed by atoms with Crippen LogP contribution in [-0.4, -0.2) is 29.6 Å². The molecule has 4 aromatic rings. The van der Waals surface area contributed by atoms with Gasteiger partial charge < -0.3 is 15.2 Å². The summed E-state index contributed by atoms with van der Waals surface area (Å²) >= 11 is 5.60. The number of benzene rings is 3. The van der Waals surface area contributed by atoms with E-state index in [4.69, 9.17) is 11.6 Å². The number of alkyl halides is 3. The van der Waals surface area contributed by atoms with Gasteiger partial charge in [-0.3, -0.25) is 0 Å². The van der Waals surface area contributed by atoms with Crippen molar-refractivity contribution < 1.29 is 36.6 Å². The number of aromatic nitrogens is 1. The number of sulfonamides is 1. The van der Waals surface area contributed by atoms with E-state index in [9.17, 15) is 36.6 Å². The van der Waals surface area contributed by atoms with Crippen LogP contribution in [0.1, 0.15) is 21.5 Å². The Kier molecular flexibility index (Phi) is 6.95. The zero-order valence-electron chi connectivity index (χ0n) is 18.4. The molecule has 0 aliphatic heterocycles. The topological polar surface area (TPSA) is 144 Å². The summed E-state index contributed by atoms with van der Waals surface area (Å²) in [4.78, 5) is 13.7. The first kappa shape index (κ1) is 26.1. The van der Waals surface area contributed by atoms with Gasteiger partial charge >= 0.3 is 12.1 Å². The highest BCUT2D eigenvalue weighted by Gasteiger charge is 2.33. The van der Waals surface area contributed by atoms with Crippen LogP contribution < -0.4 is 4.72 Å². The predicted molar refractivity (Wildman–Crippen MR) is 128 cm³/mol. The summed E-state index contributed by atoms with van der Waals surface area (Å²) in [5.41, 5.74) is -1.00. The number of azo groups is 1. The number of nitrogens with zero attached hydrogens (tertiary/aromatic N) is 2. The molecule has 0 unspecified atom stereocenters. The van der Waals surface area contributed by atoms with Crippen molar-refractivity contribution in [3.63, 3.8) is 0 Å². The fraction of sp³-hybridized carbons (Fsp3) is 0.0870. The zero-order chi connectivity index (χ0) is 27.0. The molecule has 0 bridgehead atoms. The van der Waals surface area contributed by atoms with Crippen molar-refractivity contribution in [3.05, 3.63) is 82.4 Å². The van der Waals surface area contributed by atoms with E-state index in [1.54, 1.807) is 6.07 Å². The molecule has 0 spiro atoms. The molecule has 14 heteroatoms. The number of halogens is 4. The number of H-pyrrole nitrogens is 1. The minimum Gasteiger partial charge on any atom is -0.493 e. The van der Waals surface area contributed by atoms with Crippen LogP contribution in [0, 0.1) is 0 Å². The van der Waals surface area contributed by atoms with E-state index in [1.165, 1.54) is 42.5 Å². The summed E-state index contributed by atoms with van der Waals surface area (Å²) in [6, 6.07) is 12.6. The first-order valence-corrected chi connectivity index (χ1v) is 12.2. The molecule has 0 aliphatic carbocycles. The van der Waals surface area contributed by atoms with Gasteiger partial charge in [-0.25, -0.2) is 17.9 Å². The Hall–Kier alpha value is -3.94. The lowest BCUT2D eigenvalue weighted by Crippen LogP contribution is -2.23. The fourth-order valence-electron chi connectivity index (χ4n) is 3.42. The minimum atomic E-state index is -4.71. The summed E-state index contributed by atoms with van der Waals surface area (Å²) in [6.07, 6.45) is -4.71. The van der Waals surface area contributed by atoms with Gasteiger partial charge in [-0.15, -0.1) is 10.2 Å². The summed E-state index contributed by atoms with van der Waals surface area (Å²) in [6.45, 7) is -0.447. The van der Waals surface area contributed by atoms with Crippen LogP contribution in [0.15, 0.2) is 75.8 Å². The number of aromatic carboxylic acids is 1. The summed E-state index contributed by atoms with van der Waals surface area (Å²) in [7, 11) is -4.21. The van der Waals surface area contributed by atoms with Gasteiger partial charge in [0.25, 0.3) is 0 Å². The van der Waals surface area contributed by atoms with E-state index < -0.39 is 45.2 Å². The molecule has 0 saturated carbocycles. The normalized spacial score (nSPS) is 12.4. The number of rotatable bonds is 7. The number of aromatic amines is 1. The minimum absolute atomic E-state index is 0.00961. The standard InChI is InChI=1S/C23H16ClF3N4O5S/c24-17-7-5-12(9-16(17)23(25,26)27)11-28-37(35,36)13-6-8-18-15(10-13)20(21(32)29-18)31-30-19-4-2-1-3-14(19)22(33)34/h1-10,28-29,32H,11H2,(H,33,34). The molecule has 1 aromatic heterocycles. The third-order valence-electron chi connectivity index (χ3n) is 5.23. The number of carboxylic acid groups (broad SMARTS) is 1. The lowest BCUT2D eigenvalue weighted by molar-refractivity contribution is -0.137. The molecule has 9 nitrogen and oxygen atoms in total. The average molecular weight is 553 g/mol. The molecule has 0 amide bonds.